The molecule has 0 saturated heterocycles. The number of hydrogen-bond acceptors (Lipinski definition) is 5. The molecule has 0 fully saturated rings. The van der Waals surface area contributed by atoms with Crippen LogP contribution >= 0.6 is 0 Å². The van der Waals surface area contributed by atoms with E-state index < -0.39 is 5.60 Å². The van der Waals surface area contributed by atoms with Gasteiger partial charge in [0.25, 0.3) is 0 Å². The largest absolute Gasteiger partial charge is 0.395 e. The van der Waals surface area contributed by atoms with Crippen LogP contribution in [0.5, 0.6) is 0 Å². The van der Waals surface area contributed by atoms with Crippen molar-refractivity contribution in [3.63, 3.8) is 0 Å². The molecule has 0 amide bonds. The van der Waals surface area contributed by atoms with Crippen molar-refractivity contribution >= 4 is 5.78 Å². The van der Waals surface area contributed by atoms with Crippen LogP contribution in [0.1, 0.15) is 27.2 Å². The third kappa shape index (κ3) is 4.58. The van der Waals surface area contributed by atoms with E-state index >= 15 is 0 Å². The summed E-state index contributed by atoms with van der Waals surface area (Å²) in [6.45, 7) is 5.03. The average Bonchev–Trinajstić information content (AvgIpc) is 2.16. The maximum Gasteiger partial charge on any atom is 0.197 e. The van der Waals surface area contributed by atoms with Crippen LogP contribution < -0.4 is 0 Å². The molecule has 0 aromatic carbocycles. The van der Waals surface area contributed by atoms with E-state index in [1.807, 2.05) is 0 Å². The van der Waals surface area contributed by atoms with Gasteiger partial charge in [-0.1, -0.05) is 0 Å². The second-order valence-corrected chi connectivity index (χ2v) is 3.45. The lowest BCUT2D eigenvalue weighted by Gasteiger charge is -2.24. The van der Waals surface area contributed by atoms with Gasteiger partial charge in [0, 0.05) is 5.57 Å². The first kappa shape index (κ1) is 13.6. The normalized spacial score (nSPS) is 17.8. The zero-order valence-electron chi connectivity index (χ0n) is 9.11. The molecular formula is C10H15NO4. The first-order chi connectivity index (χ1) is 6.95. The molecule has 1 aliphatic rings. The number of ketones is 1. The maximum absolute atomic E-state index is 11.2. The Kier molecular flexibility index (Phi) is 5.60. The highest BCUT2D eigenvalue weighted by atomic mass is 17.2. The summed E-state index contributed by atoms with van der Waals surface area (Å²) < 4.78 is 0. The van der Waals surface area contributed by atoms with Crippen molar-refractivity contribution in [2.45, 2.75) is 32.8 Å². The molecule has 1 N–H and O–H groups in total. The monoisotopic (exact) mass is 213 g/mol. The Balaban J connectivity index is 0.000000336. The number of nitrogens with zero attached hydrogens (tertiary/aromatic N) is 1. The Labute approximate surface area is 88.8 Å². The summed E-state index contributed by atoms with van der Waals surface area (Å²) in [5, 5.41) is 15.5. The molecular weight excluding hydrogens is 198 g/mol. The van der Waals surface area contributed by atoms with Gasteiger partial charge in [-0.25, -0.2) is 0 Å². The van der Waals surface area contributed by atoms with E-state index in [9.17, 15) is 4.79 Å². The van der Waals surface area contributed by atoms with Crippen LogP contribution in [0.25, 0.3) is 0 Å². The van der Waals surface area contributed by atoms with Crippen LogP contribution in [0.3, 0.4) is 0 Å². The second-order valence-electron chi connectivity index (χ2n) is 3.45. The molecule has 0 bridgehead atoms. The molecule has 1 heterocycles. The predicted octanol–water partition coefficient (Wildman–Crippen LogP) is 1.09. The summed E-state index contributed by atoms with van der Waals surface area (Å²) in [5.74, 6) is -0.0289. The summed E-state index contributed by atoms with van der Waals surface area (Å²) in [6.07, 6.45) is 1.56. The Morgan fingerprint density at radius 1 is 1.60 bits per heavy atom. The zero-order chi connectivity index (χ0) is 11.9. The average molecular weight is 213 g/mol. The Bertz CT molecular complexity index is 288. The van der Waals surface area contributed by atoms with Gasteiger partial charge in [-0.2, -0.15) is 10.1 Å². The summed E-state index contributed by atoms with van der Waals surface area (Å²) in [5.41, 5.74) is -0.227. The minimum atomic E-state index is -0.821. The number of rotatable bonds is 1. The van der Waals surface area contributed by atoms with Crippen molar-refractivity contribution < 1.29 is 19.7 Å². The van der Waals surface area contributed by atoms with Crippen LogP contribution in [0.15, 0.2) is 11.8 Å². The van der Waals surface area contributed by atoms with Gasteiger partial charge in [0.05, 0.1) is 19.1 Å². The van der Waals surface area contributed by atoms with Crippen LogP contribution in [-0.4, -0.2) is 23.1 Å². The van der Waals surface area contributed by atoms with Crippen molar-refractivity contribution in [3.05, 3.63) is 11.8 Å². The SMILES string of the molecule is CC1=COOC(C)(C)C1=O.N#CCCO. The molecule has 0 saturated carbocycles. The fraction of sp³-hybridized carbons (Fsp3) is 0.600. The topological polar surface area (TPSA) is 79.5 Å². The molecule has 0 aromatic rings. The summed E-state index contributed by atoms with van der Waals surface area (Å²) in [7, 11) is 0. The van der Waals surface area contributed by atoms with Gasteiger partial charge in [-0.3, -0.25) is 4.79 Å². The van der Waals surface area contributed by atoms with Crippen LogP contribution in [0.2, 0.25) is 0 Å². The molecule has 0 atom stereocenters. The lowest BCUT2D eigenvalue weighted by molar-refractivity contribution is -0.310. The summed E-state index contributed by atoms with van der Waals surface area (Å²) in [4.78, 5) is 20.5. The minimum Gasteiger partial charge on any atom is -0.395 e. The first-order valence-corrected chi connectivity index (χ1v) is 4.49. The molecule has 0 aliphatic carbocycles. The van der Waals surface area contributed by atoms with Crippen molar-refractivity contribution in [1.82, 2.24) is 0 Å². The highest BCUT2D eigenvalue weighted by Gasteiger charge is 2.34. The first-order valence-electron chi connectivity index (χ1n) is 4.49. The molecule has 1 aliphatic heterocycles. The van der Waals surface area contributed by atoms with E-state index in [-0.39, 0.29) is 18.8 Å². The number of aliphatic hydroxyl groups is 1. The van der Waals surface area contributed by atoms with E-state index in [4.69, 9.17) is 15.3 Å². The van der Waals surface area contributed by atoms with Crippen molar-refractivity contribution in [3.8, 4) is 6.07 Å². The molecule has 5 heteroatoms. The van der Waals surface area contributed by atoms with Crippen LogP contribution in [0.4, 0.5) is 0 Å². The van der Waals surface area contributed by atoms with Gasteiger partial charge in [0.1, 0.15) is 6.26 Å². The fourth-order valence-corrected chi connectivity index (χ4v) is 0.833. The van der Waals surface area contributed by atoms with Crippen molar-refractivity contribution in [2.75, 3.05) is 6.61 Å². The highest BCUT2D eigenvalue weighted by molar-refractivity contribution is 6.00. The Morgan fingerprint density at radius 2 is 2.20 bits per heavy atom. The van der Waals surface area contributed by atoms with Gasteiger partial charge in [0.2, 0.25) is 0 Å². The van der Waals surface area contributed by atoms with Crippen molar-refractivity contribution in [1.29, 1.82) is 5.26 Å². The van der Waals surface area contributed by atoms with E-state index in [1.165, 1.54) is 6.26 Å². The van der Waals surface area contributed by atoms with Crippen LogP contribution in [-0.2, 0) is 14.6 Å². The standard InChI is InChI=1S/C7H10O3.C3H5NO/c1-5-4-9-10-7(2,3)6(5)8;4-2-1-3-5/h4H,1-3H3;5H,1,3H2. The Morgan fingerprint density at radius 3 is 2.47 bits per heavy atom. The maximum atomic E-state index is 11.2. The lowest BCUT2D eigenvalue weighted by Crippen LogP contribution is -2.37. The molecule has 5 nitrogen and oxygen atoms in total. The smallest absolute Gasteiger partial charge is 0.197 e. The van der Waals surface area contributed by atoms with Gasteiger partial charge in [-0.05, 0) is 20.8 Å². The number of hydrogen-bond donors (Lipinski definition) is 1. The molecule has 0 radical (unpaired) electrons. The van der Waals surface area contributed by atoms with Gasteiger partial charge in [0.15, 0.2) is 11.4 Å². The van der Waals surface area contributed by atoms with Gasteiger partial charge >= 0.3 is 0 Å². The van der Waals surface area contributed by atoms with E-state index in [0.717, 1.165) is 0 Å². The number of aliphatic hydroxyl groups excluding tert-OH is 1. The number of carbonyl (C=O) groups excluding carboxylic acids is 1. The predicted molar refractivity (Wildman–Crippen MR) is 52.3 cm³/mol. The van der Waals surface area contributed by atoms with E-state index in [1.54, 1.807) is 26.8 Å². The van der Waals surface area contributed by atoms with E-state index in [0.29, 0.717) is 5.57 Å². The summed E-state index contributed by atoms with van der Waals surface area (Å²) in [6, 6.07) is 1.77. The second kappa shape index (κ2) is 6.17. The third-order valence-corrected chi connectivity index (χ3v) is 1.61. The lowest BCUT2D eigenvalue weighted by atomic mass is 9.98. The van der Waals surface area contributed by atoms with Crippen molar-refractivity contribution in [2.24, 2.45) is 0 Å². The molecule has 15 heavy (non-hydrogen) atoms. The summed E-state index contributed by atoms with van der Waals surface area (Å²) >= 11 is 0. The highest BCUT2D eigenvalue weighted by Crippen LogP contribution is 2.20. The zero-order valence-corrected chi connectivity index (χ0v) is 9.11. The third-order valence-electron chi connectivity index (χ3n) is 1.61. The molecule has 84 valence electrons. The van der Waals surface area contributed by atoms with Crippen LogP contribution in [0, 0.1) is 11.3 Å². The minimum absolute atomic E-state index is 0.0174. The molecule has 1 rings (SSSR count). The number of carbonyl (C=O) groups is 1. The number of Topliss-reactive ketones (excluding diaryl/α,β-unsaturated/α-hetero) is 1. The fourth-order valence-electron chi connectivity index (χ4n) is 0.833. The molecule has 0 aromatic heterocycles. The quantitative estimate of drug-likeness (QED) is 0.659. The van der Waals surface area contributed by atoms with Gasteiger partial charge < -0.3 is 9.99 Å². The molecule has 0 unspecified atom stereocenters. The Hall–Kier alpha value is -1.38. The number of nitriles is 1. The van der Waals surface area contributed by atoms with E-state index in [2.05, 4.69) is 4.89 Å². The molecule has 0 spiro atoms. The van der Waals surface area contributed by atoms with Gasteiger partial charge in [-0.15, -0.1) is 0 Å².